The Labute approximate surface area is 89.4 Å². The molecule has 1 aromatic carbocycles. The standard InChI is InChI=1S/C9H10Br2O/c1-6(2)12-9-4-3-7(10)5-8(9)11/h3-6H,1-2H3. The van der Waals surface area contributed by atoms with E-state index in [9.17, 15) is 0 Å². The van der Waals surface area contributed by atoms with Crippen molar-refractivity contribution >= 4 is 31.9 Å². The molecule has 0 heterocycles. The van der Waals surface area contributed by atoms with Gasteiger partial charge in [-0.15, -0.1) is 0 Å². The second-order valence-electron chi connectivity index (χ2n) is 2.74. The molecule has 0 amide bonds. The fourth-order valence-electron chi connectivity index (χ4n) is 0.825. The van der Waals surface area contributed by atoms with Gasteiger partial charge in [-0.2, -0.15) is 0 Å². The van der Waals surface area contributed by atoms with Crippen LogP contribution in [0.5, 0.6) is 5.75 Å². The lowest BCUT2D eigenvalue weighted by Crippen LogP contribution is -2.05. The summed E-state index contributed by atoms with van der Waals surface area (Å²) in [5, 5.41) is 0. The molecule has 0 bridgehead atoms. The van der Waals surface area contributed by atoms with Crippen molar-refractivity contribution in [3.8, 4) is 5.75 Å². The van der Waals surface area contributed by atoms with Gasteiger partial charge in [0.1, 0.15) is 5.75 Å². The summed E-state index contributed by atoms with van der Waals surface area (Å²) in [7, 11) is 0. The van der Waals surface area contributed by atoms with Gasteiger partial charge in [-0.05, 0) is 48.0 Å². The third-order valence-corrected chi connectivity index (χ3v) is 2.37. The molecule has 0 N–H and O–H groups in total. The Bertz CT molecular complexity index is 271. The van der Waals surface area contributed by atoms with Crippen LogP contribution >= 0.6 is 31.9 Å². The molecule has 0 atom stereocenters. The first-order valence-corrected chi connectivity index (χ1v) is 5.30. The third kappa shape index (κ3) is 2.79. The highest BCUT2D eigenvalue weighted by Crippen LogP contribution is 2.28. The van der Waals surface area contributed by atoms with E-state index in [0.29, 0.717) is 0 Å². The van der Waals surface area contributed by atoms with Crippen molar-refractivity contribution < 1.29 is 4.74 Å². The van der Waals surface area contributed by atoms with Crippen LogP contribution in [0.1, 0.15) is 13.8 Å². The van der Waals surface area contributed by atoms with Crippen LogP contribution in [0.15, 0.2) is 27.1 Å². The fraction of sp³-hybridized carbons (Fsp3) is 0.333. The van der Waals surface area contributed by atoms with Gasteiger partial charge in [0.05, 0.1) is 10.6 Å². The summed E-state index contributed by atoms with van der Waals surface area (Å²) in [5.41, 5.74) is 0. The molecule has 0 aliphatic heterocycles. The number of rotatable bonds is 2. The van der Waals surface area contributed by atoms with E-state index in [1.165, 1.54) is 0 Å². The van der Waals surface area contributed by atoms with Crippen LogP contribution in [0.3, 0.4) is 0 Å². The molecule has 0 aliphatic carbocycles. The van der Waals surface area contributed by atoms with Crippen LogP contribution in [0.25, 0.3) is 0 Å². The Balaban J connectivity index is 2.86. The second-order valence-corrected chi connectivity index (χ2v) is 4.51. The van der Waals surface area contributed by atoms with Gasteiger partial charge in [0.25, 0.3) is 0 Å². The SMILES string of the molecule is CC(C)Oc1ccc(Br)cc1Br. The predicted molar refractivity (Wildman–Crippen MR) is 57.6 cm³/mol. The molecule has 1 nitrogen and oxygen atoms in total. The Hall–Kier alpha value is -0.0200. The zero-order valence-electron chi connectivity index (χ0n) is 6.97. The summed E-state index contributed by atoms with van der Waals surface area (Å²) >= 11 is 6.80. The Kier molecular flexibility index (Phi) is 3.59. The van der Waals surface area contributed by atoms with Crippen LogP contribution in [-0.2, 0) is 0 Å². The summed E-state index contributed by atoms with van der Waals surface area (Å²) < 4.78 is 7.56. The molecule has 12 heavy (non-hydrogen) atoms. The monoisotopic (exact) mass is 292 g/mol. The number of halogens is 2. The van der Waals surface area contributed by atoms with Crippen molar-refractivity contribution in [2.24, 2.45) is 0 Å². The van der Waals surface area contributed by atoms with Gasteiger partial charge in [-0.1, -0.05) is 15.9 Å². The molecule has 1 rings (SSSR count). The van der Waals surface area contributed by atoms with Crippen LogP contribution in [0.4, 0.5) is 0 Å². The number of benzene rings is 1. The van der Waals surface area contributed by atoms with Crippen molar-refractivity contribution in [2.45, 2.75) is 20.0 Å². The molecule has 1 aromatic rings. The van der Waals surface area contributed by atoms with E-state index in [0.717, 1.165) is 14.7 Å². The van der Waals surface area contributed by atoms with E-state index in [1.807, 2.05) is 32.0 Å². The highest BCUT2D eigenvalue weighted by molar-refractivity contribution is 9.11. The molecule has 0 fully saturated rings. The van der Waals surface area contributed by atoms with E-state index in [4.69, 9.17) is 4.74 Å². The van der Waals surface area contributed by atoms with Gasteiger partial charge >= 0.3 is 0 Å². The first-order valence-electron chi connectivity index (χ1n) is 3.71. The smallest absolute Gasteiger partial charge is 0.133 e. The minimum atomic E-state index is 0.211. The van der Waals surface area contributed by atoms with Crippen LogP contribution in [-0.4, -0.2) is 6.10 Å². The molecule has 0 spiro atoms. The van der Waals surface area contributed by atoms with Crippen molar-refractivity contribution in [1.29, 1.82) is 0 Å². The quantitative estimate of drug-likeness (QED) is 0.801. The van der Waals surface area contributed by atoms with Crippen molar-refractivity contribution in [3.05, 3.63) is 27.1 Å². The van der Waals surface area contributed by atoms with Crippen molar-refractivity contribution in [1.82, 2.24) is 0 Å². The van der Waals surface area contributed by atoms with Gasteiger partial charge in [-0.25, -0.2) is 0 Å². The molecule has 0 saturated carbocycles. The maximum Gasteiger partial charge on any atom is 0.133 e. The largest absolute Gasteiger partial charge is 0.490 e. The summed E-state index contributed by atoms with van der Waals surface area (Å²) in [6.45, 7) is 4.02. The fourth-order valence-corrected chi connectivity index (χ4v) is 1.97. The molecule has 0 saturated heterocycles. The normalized spacial score (nSPS) is 10.4. The molecular weight excluding hydrogens is 284 g/mol. The molecule has 0 aliphatic rings. The first kappa shape index (κ1) is 10.1. The van der Waals surface area contributed by atoms with Gasteiger partial charge < -0.3 is 4.74 Å². The summed E-state index contributed by atoms with van der Waals surface area (Å²) in [6, 6.07) is 5.87. The van der Waals surface area contributed by atoms with Gasteiger partial charge in [0.15, 0.2) is 0 Å². The van der Waals surface area contributed by atoms with E-state index < -0.39 is 0 Å². The highest BCUT2D eigenvalue weighted by Gasteiger charge is 2.02. The van der Waals surface area contributed by atoms with Gasteiger partial charge in [0, 0.05) is 4.47 Å². The lowest BCUT2D eigenvalue weighted by Gasteiger charge is -2.11. The summed E-state index contributed by atoms with van der Waals surface area (Å²) in [6.07, 6.45) is 0.211. The Morgan fingerprint density at radius 2 is 1.92 bits per heavy atom. The Morgan fingerprint density at radius 1 is 1.25 bits per heavy atom. The molecule has 66 valence electrons. The van der Waals surface area contributed by atoms with Crippen LogP contribution in [0.2, 0.25) is 0 Å². The number of hydrogen-bond acceptors (Lipinski definition) is 1. The Morgan fingerprint density at radius 3 is 2.42 bits per heavy atom. The average molecular weight is 294 g/mol. The lowest BCUT2D eigenvalue weighted by atomic mass is 10.3. The molecule has 0 radical (unpaired) electrons. The molecule has 0 aromatic heterocycles. The molecular formula is C9H10Br2O. The molecule has 3 heteroatoms. The maximum absolute atomic E-state index is 5.53. The predicted octanol–water partition coefficient (Wildman–Crippen LogP) is 4.00. The minimum Gasteiger partial charge on any atom is -0.490 e. The van der Waals surface area contributed by atoms with E-state index >= 15 is 0 Å². The first-order chi connectivity index (χ1) is 5.59. The lowest BCUT2D eigenvalue weighted by molar-refractivity contribution is 0.241. The molecule has 0 unspecified atom stereocenters. The van der Waals surface area contributed by atoms with E-state index in [2.05, 4.69) is 31.9 Å². The minimum absolute atomic E-state index is 0.211. The zero-order valence-corrected chi connectivity index (χ0v) is 10.1. The number of ether oxygens (including phenoxy) is 1. The second kappa shape index (κ2) is 4.28. The van der Waals surface area contributed by atoms with Gasteiger partial charge in [-0.3, -0.25) is 0 Å². The van der Waals surface area contributed by atoms with Crippen LogP contribution < -0.4 is 4.74 Å². The maximum atomic E-state index is 5.53. The topological polar surface area (TPSA) is 9.23 Å². The summed E-state index contributed by atoms with van der Waals surface area (Å²) in [4.78, 5) is 0. The third-order valence-electron chi connectivity index (χ3n) is 1.26. The van der Waals surface area contributed by atoms with Crippen LogP contribution in [0, 0.1) is 0 Å². The van der Waals surface area contributed by atoms with E-state index in [-0.39, 0.29) is 6.10 Å². The van der Waals surface area contributed by atoms with Crippen molar-refractivity contribution in [3.63, 3.8) is 0 Å². The number of hydrogen-bond donors (Lipinski definition) is 0. The van der Waals surface area contributed by atoms with Gasteiger partial charge in [0.2, 0.25) is 0 Å². The summed E-state index contributed by atoms with van der Waals surface area (Å²) in [5.74, 6) is 0.883. The van der Waals surface area contributed by atoms with Crippen molar-refractivity contribution in [2.75, 3.05) is 0 Å². The average Bonchev–Trinajstić information content (AvgIpc) is 1.94. The zero-order chi connectivity index (χ0) is 9.14. The highest BCUT2D eigenvalue weighted by atomic mass is 79.9. The van der Waals surface area contributed by atoms with E-state index in [1.54, 1.807) is 0 Å².